The highest BCUT2D eigenvalue weighted by molar-refractivity contribution is 5.91. The molecule has 3 heteroatoms. The predicted octanol–water partition coefficient (Wildman–Crippen LogP) is 4.32. The summed E-state index contributed by atoms with van der Waals surface area (Å²) in [6.07, 6.45) is 4.72. The van der Waals surface area contributed by atoms with E-state index >= 15 is 0 Å². The van der Waals surface area contributed by atoms with Gasteiger partial charge in [-0.05, 0) is 47.5 Å². The third-order valence-electron chi connectivity index (χ3n) is 3.57. The molecule has 22 heavy (non-hydrogen) atoms. The molecule has 0 aliphatic rings. The van der Waals surface area contributed by atoms with Gasteiger partial charge in [0.05, 0.1) is 12.3 Å². The Bertz CT molecular complexity index is 803. The first-order valence-corrected chi connectivity index (χ1v) is 7.23. The maximum Gasteiger partial charge on any atom is 0.244 e. The van der Waals surface area contributed by atoms with Crippen molar-refractivity contribution in [2.75, 3.05) is 0 Å². The number of nitrogens with one attached hydrogen (secondary N) is 1. The van der Waals surface area contributed by atoms with E-state index in [4.69, 9.17) is 4.42 Å². The van der Waals surface area contributed by atoms with E-state index in [0.717, 1.165) is 5.56 Å². The first kappa shape index (κ1) is 14.1. The molecule has 0 aliphatic heterocycles. The van der Waals surface area contributed by atoms with Gasteiger partial charge in [0.15, 0.2) is 0 Å². The summed E-state index contributed by atoms with van der Waals surface area (Å²) in [5, 5.41) is 5.33. The number of fused-ring (bicyclic) bond motifs is 1. The van der Waals surface area contributed by atoms with E-state index in [-0.39, 0.29) is 11.9 Å². The van der Waals surface area contributed by atoms with Gasteiger partial charge in [-0.2, -0.15) is 0 Å². The van der Waals surface area contributed by atoms with E-state index < -0.39 is 0 Å². The summed E-state index contributed by atoms with van der Waals surface area (Å²) < 4.78 is 5.15. The Balaban J connectivity index is 1.69. The van der Waals surface area contributed by atoms with Crippen LogP contribution in [0.5, 0.6) is 0 Å². The second kappa shape index (κ2) is 6.31. The third kappa shape index (κ3) is 3.26. The lowest BCUT2D eigenvalue weighted by Gasteiger charge is -2.13. The minimum Gasteiger partial charge on any atom is -0.465 e. The molecule has 3 aromatic rings. The zero-order valence-corrected chi connectivity index (χ0v) is 12.3. The van der Waals surface area contributed by atoms with Crippen molar-refractivity contribution in [1.82, 2.24) is 5.32 Å². The number of rotatable bonds is 4. The SMILES string of the molecule is C[C@H](NC(=O)/C=C/c1ccco1)c1ccc2ccccc2c1. The zero-order valence-electron chi connectivity index (χ0n) is 12.3. The van der Waals surface area contributed by atoms with Gasteiger partial charge >= 0.3 is 0 Å². The highest BCUT2D eigenvalue weighted by Crippen LogP contribution is 2.20. The maximum absolute atomic E-state index is 11.9. The lowest BCUT2D eigenvalue weighted by atomic mass is 10.0. The summed E-state index contributed by atoms with van der Waals surface area (Å²) in [5.41, 5.74) is 1.08. The van der Waals surface area contributed by atoms with Gasteiger partial charge in [0.2, 0.25) is 5.91 Å². The van der Waals surface area contributed by atoms with Crippen molar-refractivity contribution in [2.24, 2.45) is 0 Å². The first-order valence-electron chi connectivity index (χ1n) is 7.23. The topological polar surface area (TPSA) is 42.2 Å². The van der Waals surface area contributed by atoms with Crippen LogP contribution in [0.3, 0.4) is 0 Å². The van der Waals surface area contributed by atoms with E-state index in [1.807, 2.05) is 25.1 Å². The molecule has 0 bridgehead atoms. The van der Waals surface area contributed by atoms with Crippen LogP contribution in [-0.2, 0) is 4.79 Å². The van der Waals surface area contributed by atoms with Crippen LogP contribution in [0.2, 0.25) is 0 Å². The first-order chi connectivity index (χ1) is 10.7. The number of carbonyl (C=O) groups excluding carboxylic acids is 1. The van der Waals surface area contributed by atoms with Gasteiger partial charge in [-0.15, -0.1) is 0 Å². The largest absolute Gasteiger partial charge is 0.465 e. The fraction of sp³-hybridized carbons (Fsp3) is 0.105. The number of carbonyl (C=O) groups is 1. The molecule has 1 atom stereocenters. The molecule has 0 fully saturated rings. The van der Waals surface area contributed by atoms with Gasteiger partial charge in [-0.1, -0.05) is 36.4 Å². The Hall–Kier alpha value is -2.81. The van der Waals surface area contributed by atoms with Gasteiger partial charge in [0.25, 0.3) is 0 Å². The number of amides is 1. The van der Waals surface area contributed by atoms with Crippen LogP contribution < -0.4 is 5.32 Å². The average Bonchev–Trinajstić information content (AvgIpc) is 3.06. The van der Waals surface area contributed by atoms with Crippen molar-refractivity contribution >= 4 is 22.8 Å². The highest BCUT2D eigenvalue weighted by atomic mass is 16.3. The maximum atomic E-state index is 11.9. The van der Waals surface area contributed by atoms with Gasteiger partial charge in [0.1, 0.15) is 5.76 Å². The summed E-state index contributed by atoms with van der Waals surface area (Å²) in [4.78, 5) is 11.9. The molecule has 0 radical (unpaired) electrons. The Morgan fingerprint density at radius 1 is 1.09 bits per heavy atom. The van der Waals surface area contributed by atoms with Crippen LogP contribution in [0.15, 0.2) is 71.4 Å². The monoisotopic (exact) mass is 291 g/mol. The van der Waals surface area contributed by atoms with E-state index in [2.05, 4.69) is 29.6 Å². The van der Waals surface area contributed by atoms with Crippen LogP contribution in [0, 0.1) is 0 Å². The summed E-state index contributed by atoms with van der Waals surface area (Å²) in [5.74, 6) is 0.519. The second-order valence-electron chi connectivity index (χ2n) is 5.19. The minimum absolute atomic E-state index is 0.0571. The molecule has 0 spiro atoms. The summed E-state index contributed by atoms with van der Waals surface area (Å²) in [6.45, 7) is 1.97. The van der Waals surface area contributed by atoms with Crippen molar-refractivity contribution in [1.29, 1.82) is 0 Å². The molecule has 1 N–H and O–H groups in total. The lowest BCUT2D eigenvalue weighted by molar-refractivity contribution is -0.117. The smallest absolute Gasteiger partial charge is 0.244 e. The molecular formula is C19H17NO2. The molecule has 1 aromatic heterocycles. The Morgan fingerprint density at radius 2 is 1.91 bits per heavy atom. The van der Waals surface area contributed by atoms with E-state index in [1.165, 1.54) is 16.8 Å². The number of hydrogen-bond acceptors (Lipinski definition) is 2. The minimum atomic E-state index is -0.142. The molecule has 110 valence electrons. The molecule has 3 rings (SSSR count). The van der Waals surface area contributed by atoms with Crippen molar-refractivity contribution in [3.8, 4) is 0 Å². The summed E-state index contributed by atoms with van der Waals surface area (Å²) in [6, 6.07) is 17.9. The number of furan rings is 1. The fourth-order valence-electron chi connectivity index (χ4n) is 2.37. The normalized spacial score (nSPS) is 12.6. The van der Waals surface area contributed by atoms with Crippen LogP contribution in [0.1, 0.15) is 24.3 Å². The summed E-state index contributed by atoms with van der Waals surface area (Å²) in [7, 11) is 0. The highest BCUT2D eigenvalue weighted by Gasteiger charge is 2.08. The number of benzene rings is 2. The third-order valence-corrected chi connectivity index (χ3v) is 3.57. The van der Waals surface area contributed by atoms with E-state index in [0.29, 0.717) is 5.76 Å². The van der Waals surface area contributed by atoms with Crippen LogP contribution in [0.4, 0.5) is 0 Å². The molecule has 1 heterocycles. The lowest BCUT2D eigenvalue weighted by Crippen LogP contribution is -2.24. The van der Waals surface area contributed by atoms with Gasteiger partial charge < -0.3 is 9.73 Å². The molecule has 0 aliphatic carbocycles. The quantitative estimate of drug-likeness (QED) is 0.727. The van der Waals surface area contributed by atoms with Crippen molar-refractivity contribution < 1.29 is 9.21 Å². The molecular weight excluding hydrogens is 274 g/mol. The predicted molar refractivity (Wildman–Crippen MR) is 88.2 cm³/mol. The Labute approximate surface area is 129 Å². The van der Waals surface area contributed by atoms with Crippen molar-refractivity contribution in [3.05, 3.63) is 78.3 Å². The Kier molecular flexibility index (Phi) is 4.05. The molecule has 2 aromatic carbocycles. The molecule has 3 nitrogen and oxygen atoms in total. The van der Waals surface area contributed by atoms with Gasteiger partial charge in [-0.3, -0.25) is 4.79 Å². The van der Waals surface area contributed by atoms with Crippen LogP contribution in [0.25, 0.3) is 16.8 Å². The van der Waals surface area contributed by atoms with E-state index in [1.54, 1.807) is 24.5 Å². The number of hydrogen-bond donors (Lipinski definition) is 1. The zero-order chi connectivity index (χ0) is 15.4. The average molecular weight is 291 g/mol. The fourth-order valence-corrected chi connectivity index (χ4v) is 2.37. The molecule has 1 amide bonds. The Morgan fingerprint density at radius 3 is 2.68 bits per heavy atom. The standard InChI is InChI=1S/C19H17NO2/c1-14(20-19(21)11-10-18-7-4-12-22-18)16-9-8-15-5-2-3-6-17(15)13-16/h2-14H,1H3,(H,20,21)/b11-10+/t14-/m0/s1. The second-order valence-corrected chi connectivity index (χ2v) is 5.19. The van der Waals surface area contributed by atoms with Crippen LogP contribution >= 0.6 is 0 Å². The molecule has 0 unspecified atom stereocenters. The van der Waals surface area contributed by atoms with Gasteiger partial charge in [0, 0.05) is 6.08 Å². The van der Waals surface area contributed by atoms with Crippen molar-refractivity contribution in [2.45, 2.75) is 13.0 Å². The van der Waals surface area contributed by atoms with E-state index in [9.17, 15) is 4.79 Å². The van der Waals surface area contributed by atoms with Crippen LogP contribution in [-0.4, -0.2) is 5.91 Å². The van der Waals surface area contributed by atoms with Gasteiger partial charge in [-0.25, -0.2) is 0 Å². The van der Waals surface area contributed by atoms with Crippen molar-refractivity contribution in [3.63, 3.8) is 0 Å². The molecule has 0 saturated carbocycles. The summed E-state index contributed by atoms with van der Waals surface area (Å²) >= 11 is 0. The molecule has 0 saturated heterocycles.